The Morgan fingerprint density at radius 3 is 2.08 bits per heavy atom. The molecule has 74 valence electrons. The van der Waals surface area contributed by atoms with Gasteiger partial charge in [-0.3, -0.25) is 4.84 Å². The number of hydrogen-bond donors (Lipinski definition) is 1. The van der Waals surface area contributed by atoms with E-state index >= 15 is 0 Å². The highest BCUT2D eigenvalue weighted by atomic mass is 32.2. The minimum absolute atomic E-state index is 0.319. The SMILES string of the molecule is CC(C)CONS(=O)(=O)C(C)C. The van der Waals surface area contributed by atoms with Crippen LogP contribution >= 0.6 is 0 Å². The maximum absolute atomic E-state index is 11.1. The van der Waals surface area contributed by atoms with Gasteiger partial charge in [0.05, 0.1) is 11.9 Å². The van der Waals surface area contributed by atoms with E-state index < -0.39 is 15.3 Å². The van der Waals surface area contributed by atoms with Crippen molar-refractivity contribution in [3.63, 3.8) is 0 Å². The van der Waals surface area contributed by atoms with Gasteiger partial charge in [0.15, 0.2) is 0 Å². The summed E-state index contributed by atoms with van der Waals surface area (Å²) in [6.07, 6.45) is 0. The second kappa shape index (κ2) is 4.79. The fourth-order valence-corrected chi connectivity index (χ4v) is 0.804. The van der Waals surface area contributed by atoms with Gasteiger partial charge in [-0.05, 0) is 19.8 Å². The Kier molecular flexibility index (Phi) is 4.74. The molecule has 0 heterocycles. The Labute approximate surface area is 74.3 Å². The topological polar surface area (TPSA) is 55.4 Å². The molecule has 0 aromatic carbocycles. The van der Waals surface area contributed by atoms with E-state index in [9.17, 15) is 8.42 Å². The lowest BCUT2D eigenvalue weighted by atomic mass is 10.2. The second-order valence-corrected chi connectivity index (χ2v) is 5.58. The number of sulfonamides is 1. The Balaban J connectivity index is 3.79. The molecule has 0 bridgehead atoms. The number of hydrogen-bond acceptors (Lipinski definition) is 3. The van der Waals surface area contributed by atoms with Crippen LogP contribution in [-0.4, -0.2) is 20.3 Å². The minimum atomic E-state index is -3.27. The van der Waals surface area contributed by atoms with Crippen molar-refractivity contribution in [1.82, 2.24) is 4.89 Å². The van der Waals surface area contributed by atoms with Crippen molar-refractivity contribution in [2.24, 2.45) is 5.92 Å². The second-order valence-electron chi connectivity index (χ2n) is 3.38. The molecule has 0 saturated carbocycles. The van der Waals surface area contributed by atoms with Gasteiger partial charge in [-0.15, -0.1) is 0 Å². The van der Waals surface area contributed by atoms with Gasteiger partial charge >= 0.3 is 0 Å². The van der Waals surface area contributed by atoms with Crippen LogP contribution in [0.1, 0.15) is 27.7 Å². The van der Waals surface area contributed by atoms with Gasteiger partial charge in [0.1, 0.15) is 0 Å². The van der Waals surface area contributed by atoms with Crippen molar-refractivity contribution in [3.05, 3.63) is 0 Å². The molecule has 0 radical (unpaired) electrons. The molecule has 0 aromatic heterocycles. The Morgan fingerprint density at radius 1 is 1.25 bits per heavy atom. The van der Waals surface area contributed by atoms with Gasteiger partial charge in [-0.25, -0.2) is 8.42 Å². The van der Waals surface area contributed by atoms with E-state index in [1.807, 2.05) is 13.8 Å². The molecule has 1 N–H and O–H groups in total. The molecule has 0 aliphatic rings. The maximum Gasteiger partial charge on any atom is 0.235 e. The van der Waals surface area contributed by atoms with Crippen LogP contribution in [0.2, 0.25) is 0 Å². The molecule has 0 spiro atoms. The summed E-state index contributed by atoms with van der Waals surface area (Å²) < 4.78 is 22.2. The highest BCUT2D eigenvalue weighted by molar-refractivity contribution is 7.89. The third kappa shape index (κ3) is 4.69. The summed E-state index contributed by atoms with van der Waals surface area (Å²) >= 11 is 0. The highest BCUT2D eigenvalue weighted by Crippen LogP contribution is 1.97. The average molecular weight is 195 g/mol. The Morgan fingerprint density at radius 2 is 1.75 bits per heavy atom. The first kappa shape index (κ1) is 11.9. The van der Waals surface area contributed by atoms with Crippen LogP contribution in [0, 0.1) is 5.92 Å². The molecular weight excluding hydrogens is 178 g/mol. The standard InChI is InChI=1S/C7H17NO3S/c1-6(2)5-11-8-12(9,10)7(3)4/h6-8H,5H2,1-4H3. The van der Waals surface area contributed by atoms with Crippen LogP contribution < -0.4 is 4.89 Å². The van der Waals surface area contributed by atoms with Gasteiger partial charge in [0.2, 0.25) is 10.0 Å². The first-order valence-corrected chi connectivity index (χ1v) is 5.53. The van der Waals surface area contributed by atoms with E-state index in [0.717, 1.165) is 0 Å². The Bertz CT molecular complexity index is 209. The maximum atomic E-state index is 11.1. The minimum Gasteiger partial charge on any atom is -0.287 e. The third-order valence-corrected chi connectivity index (χ3v) is 2.80. The van der Waals surface area contributed by atoms with Crippen LogP contribution in [0.4, 0.5) is 0 Å². The smallest absolute Gasteiger partial charge is 0.235 e. The van der Waals surface area contributed by atoms with Gasteiger partial charge in [-0.1, -0.05) is 18.7 Å². The summed E-state index contributed by atoms with van der Waals surface area (Å²) in [4.78, 5) is 6.85. The lowest BCUT2D eigenvalue weighted by Crippen LogP contribution is -2.31. The largest absolute Gasteiger partial charge is 0.287 e. The van der Waals surface area contributed by atoms with Gasteiger partial charge in [0.25, 0.3) is 0 Å². The normalized spacial score (nSPS) is 12.8. The molecule has 0 aliphatic carbocycles. The van der Waals surface area contributed by atoms with E-state index in [1.165, 1.54) is 0 Å². The van der Waals surface area contributed by atoms with Crippen LogP contribution in [0.5, 0.6) is 0 Å². The Hall–Kier alpha value is -0.130. The highest BCUT2D eigenvalue weighted by Gasteiger charge is 2.15. The summed E-state index contributed by atoms with van der Waals surface area (Å²) in [7, 11) is -3.27. The van der Waals surface area contributed by atoms with E-state index in [-0.39, 0.29) is 0 Å². The molecule has 12 heavy (non-hydrogen) atoms. The molecule has 0 saturated heterocycles. The van der Waals surface area contributed by atoms with Crippen molar-refractivity contribution in [2.45, 2.75) is 32.9 Å². The van der Waals surface area contributed by atoms with Crippen LogP contribution in [0.15, 0.2) is 0 Å². The fraction of sp³-hybridized carbons (Fsp3) is 1.00. The number of rotatable bonds is 5. The van der Waals surface area contributed by atoms with Crippen molar-refractivity contribution in [3.8, 4) is 0 Å². The zero-order valence-electron chi connectivity index (χ0n) is 7.99. The van der Waals surface area contributed by atoms with Gasteiger partial charge < -0.3 is 0 Å². The monoisotopic (exact) mass is 195 g/mol. The van der Waals surface area contributed by atoms with Gasteiger partial charge in [-0.2, -0.15) is 0 Å². The van der Waals surface area contributed by atoms with Gasteiger partial charge in [0, 0.05) is 0 Å². The third-order valence-electron chi connectivity index (χ3n) is 1.21. The predicted molar refractivity (Wildman–Crippen MR) is 48.0 cm³/mol. The summed E-state index contributed by atoms with van der Waals surface area (Å²) in [5.41, 5.74) is 0. The summed E-state index contributed by atoms with van der Waals surface area (Å²) in [6, 6.07) is 0. The first-order chi connectivity index (χ1) is 5.36. The predicted octanol–water partition coefficient (Wildman–Crippen LogP) is 0.902. The zero-order chi connectivity index (χ0) is 9.78. The van der Waals surface area contributed by atoms with Crippen molar-refractivity contribution < 1.29 is 13.3 Å². The molecule has 0 rings (SSSR count). The van der Waals surface area contributed by atoms with E-state index in [1.54, 1.807) is 13.8 Å². The fourth-order valence-electron chi connectivity index (χ4n) is 0.379. The first-order valence-electron chi connectivity index (χ1n) is 3.98. The molecule has 0 fully saturated rings. The number of nitrogens with one attached hydrogen (secondary N) is 1. The molecule has 0 atom stereocenters. The van der Waals surface area contributed by atoms with Crippen molar-refractivity contribution in [1.29, 1.82) is 0 Å². The lowest BCUT2D eigenvalue weighted by molar-refractivity contribution is 0.0714. The molecule has 0 aromatic rings. The average Bonchev–Trinajstić information content (AvgIpc) is 1.85. The summed E-state index contributed by atoms with van der Waals surface area (Å²) in [5.74, 6) is 0.319. The molecule has 0 unspecified atom stereocenters. The van der Waals surface area contributed by atoms with Crippen LogP contribution in [-0.2, 0) is 14.9 Å². The van der Waals surface area contributed by atoms with Crippen molar-refractivity contribution >= 4 is 10.0 Å². The van der Waals surface area contributed by atoms with Crippen molar-refractivity contribution in [2.75, 3.05) is 6.61 Å². The molecular formula is C7H17NO3S. The molecule has 0 amide bonds. The van der Waals surface area contributed by atoms with E-state index in [2.05, 4.69) is 4.89 Å². The van der Waals surface area contributed by atoms with Crippen LogP contribution in [0.25, 0.3) is 0 Å². The summed E-state index contributed by atoms with van der Waals surface area (Å²) in [6.45, 7) is 7.49. The van der Waals surface area contributed by atoms with E-state index in [4.69, 9.17) is 4.84 Å². The zero-order valence-corrected chi connectivity index (χ0v) is 8.81. The van der Waals surface area contributed by atoms with E-state index in [0.29, 0.717) is 12.5 Å². The molecule has 5 heteroatoms. The van der Waals surface area contributed by atoms with Crippen LogP contribution in [0.3, 0.4) is 0 Å². The lowest BCUT2D eigenvalue weighted by Gasteiger charge is -2.10. The summed E-state index contributed by atoms with van der Waals surface area (Å²) in [5, 5.41) is -0.454. The molecule has 0 aliphatic heterocycles. The quantitative estimate of drug-likeness (QED) is 0.663. The molecule has 4 nitrogen and oxygen atoms in total.